The zero-order chi connectivity index (χ0) is 16.4. The lowest BCUT2D eigenvalue weighted by Crippen LogP contribution is -2.36. The molecule has 0 spiro atoms. The summed E-state index contributed by atoms with van der Waals surface area (Å²) in [5.74, 6) is 0. The van der Waals surface area contributed by atoms with Gasteiger partial charge in [0, 0.05) is 25.8 Å². The Hall–Kier alpha value is -1.70. The van der Waals surface area contributed by atoms with Crippen molar-refractivity contribution in [3.8, 4) is 0 Å². The van der Waals surface area contributed by atoms with Gasteiger partial charge in [0.05, 0.1) is 12.3 Å². The van der Waals surface area contributed by atoms with Crippen LogP contribution in [-0.4, -0.2) is 40.2 Å². The molecule has 0 aliphatic carbocycles. The number of sulfonamides is 1. The topological polar surface area (TPSA) is 75.4 Å². The van der Waals surface area contributed by atoms with E-state index in [-0.39, 0.29) is 10.9 Å². The van der Waals surface area contributed by atoms with Gasteiger partial charge in [-0.15, -0.1) is 0 Å². The van der Waals surface area contributed by atoms with Crippen LogP contribution in [0, 0.1) is 0 Å². The highest BCUT2D eigenvalue weighted by atomic mass is 32.2. The molecule has 2 heterocycles. The van der Waals surface area contributed by atoms with Gasteiger partial charge in [0.1, 0.15) is 4.90 Å². The number of rotatable bonds is 5. The minimum Gasteiger partial charge on any atom is -0.388 e. The molecule has 2 atom stereocenters. The predicted octanol–water partition coefficient (Wildman–Crippen LogP) is 1.70. The van der Waals surface area contributed by atoms with Crippen molar-refractivity contribution in [3.63, 3.8) is 0 Å². The van der Waals surface area contributed by atoms with Gasteiger partial charge < -0.3 is 5.11 Å². The third-order valence-electron chi connectivity index (χ3n) is 4.29. The molecule has 1 saturated heterocycles. The summed E-state index contributed by atoms with van der Waals surface area (Å²) in [5, 5.41) is 14.4. The fraction of sp³-hybridized carbons (Fsp3) is 0.438. The number of hydrogen-bond acceptors (Lipinski definition) is 4. The average Bonchev–Trinajstić information content (AvgIpc) is 3.17. The summed E-state index contributed by atoms with van der Waals surface area (Å²) in [6.07, 6.45) is 4.21. The molecule has 6 nitrogen and oxygen atoms in total. The minimum atomic E-state index is -3.56. The van der Waals surface area contributed by atoms with Crippen molar-refractivity contribution in [1.82, 2.24) is 14.1 Å². The number of benzene rings is 1. The molecule has 23 heavy (non-hydrogen) atoms. The third-order valence-corrected chi connectivity index (χ3v) is 6.20. The monoisotopic (exact) mass is 335 g/mol. The molecule has 0 bridgehead atoms. The molecule has 1 aromatic carbocycles. The fourth-order valence-electron chi connectivity index (χ4n) is 3.10. The van der Waals surface area contributed by atoms with E-state index in [1.54, 1.807) is 7.05 Å². The molecule has 1 aromatic heterocycles. The van der Waals surface area contributed by atoms with E-state index in [9.17, 15) is 13.5 Å². The van der Waals surface area contributed by atoms with E-state index in [2.05, 4.69) is 5.10 Å². The second-order valence-corrected chi connectivity index (χ2v) is 7.81. The first kappa shape index (κ1) is 16.2. The smallest absolute Gasteiger partial charge is 0.246 e. The van der Waals surface area contributed by atoms with Gasteiger partial charge in [-0.3, -0.25) is 4.68 Å². The Balaban J connectivity index is 1.78. The summed E-state index contributed by atoms with van der Waals surface area (Å²) in [5.41, 5.74) is 0.818. The quantitative estimate of drug-likeness (QED) is 0.902. The first-order chi connectivity index (χ1) is 11.0. The zero-order valence-electron chi connectivity index (χ0n) is 13.0. The van der Waals surface area contributed by atoms with E-state index in [1.165, 1.54) is 21.4 Å². The van der Waals surface area contributed by atoms with Gasteiger partial charge >= 0.3 is 0 Å². The highest BCUT2D eigenvalue weighted by molar-refractivity contribution is 7.89. The predicted molar refractivity (Wildman–Crippen MR) is 86.1 cm³/mol. The molecule has 1 aliphatic heterocycles. The minimum absolute atomic E-state index is 0.185. The first-order valence-electron chi connectivity index (χ1n) is 7.72. The Morgan fingerprint density at radius 1 is 1.35 bits per heavy atom. The maximum Gasteiger partial charge on any atom is 0.246 e. The van der Waals surface area contributed by atoms with Gasteiger partial charge in [-0.2, -0.15) is 9.40 Å². The number of aryl methyl sites for hydroxylation is 1. The lowest BCUT2D eigenvalue weighted by molar-refractivity contribution is 0.142. The van der Waals surface area contributed by atoms with Gasteiger partial charge in [-0.1, -0.05) is 30.3 Å². The van der Waals surface area contributed by atoms with Crippen molar-refractivity contribution >= 4 is 10.0 Å². The van der Waals surface area contributed by atoms with Crippen molar-refractivity contribution < 1.29 is 13.5 Å². The Kier molecular flexibility index (Phi) is 4.52. The van der Waals surface area contributed by atoms with Gasteiger partial charge in [0.2, 0.25) is 10.0 Å². The van der Waals surface area contributed by atoms with Crippen LogP contribution in [0.3, 0.4) is 0 Å². The molecule has 1 N–H and O–H groups in total. The highest BCUT2D eigenvalue weighted by Gasteiger charge is 2.37. The highest BCUT2D eigenvalue weighted by Crippen LogP contribution is 2.31. The molecule has 0 unspecified atom stereocenters. The van der Waals surface area contributed by atoms with Crippen LogP contribution in [0.1, 0.15) is 30.9 Å². The number of hydrogen-bond donors (Lipinski definition) is 1. The Morgan fingerprint density at radius 2 is 2.09 bits per heavy atom. The summed E-state index contributed by atoms with van der Waals surface area (Å²) in [7, 11) is -1.86. The van der Waals surface area contributed by atoms with Crippen molar-refractivity contribution in [3.05, 3.63) is 48.3 Å². The Labute approximate surface area is 136 Å². The normalized spacial score (nSPS) is 20.7. The van der Waals surface area contributed by atoms with Crippen LogP contribution < -0.4 is 0 Å². The van der Waals surface area contributed by atoms with Crippen molar-refractivity contribution in [1.29, 1.82) is 0 Å². The second-order valence-electron chi connectivity index (χ2n) is 5.92. The van der Waals surface area contributed by atoms with Crippen LogP contribution >= 0.6 is 0 Å². The summed E-state index contributed by atoms with van der Waals surface area (Å²) < 4.78 is 28.5. The van der Waals surface area contributed by atoms with Crippen molar-refractivity contribution in [2.24, 2.45) is 7.05 Å². The van der Waals surface area contributed by atoms with E-state index in [1.807, 2.05) is 30.3 Å². The van der Waals surface area contributed by atoms with Crippen LogP contribution in [0.2, 0.25) is 0 Å². The van der Waals surface area contributed by atoms with Gasteiger partial charge in [0.15, 0.2) is 0 Å². The molecule has 3 rings (SSSR count). The molecule has 124 valence electrons. The number of aliphatic hydroxyl groups excluding tert-OH is 1. The largest absolute Gasteiger partial charge is 0.388 e. The van der Waals surface area contributed by atoms with Crippen LogP contribution in [0.25, 0.3) is 0 Å². The molecule has 1 fully saturated rings. The average molecular weight is 335 g/mol. The SMILES string of the molecule is Cn1cc(S(=O)(=O)N2CCC[C@@H]2C[C@H](O)c2ccccc2)cn1. The van der Waals surface area contributed by atoms with E-state index < -0.39 is 16.1 Å². The molecule has 0 amide bonds. The maximum absolute atomic E-state index is 12.8. The molecular formula is C16H21N3O3S. The van der Waals surface area contributed by atoms with Crippen LogP contribution in [0.5, 0.6) is 0 Å². The van der Waals surface area contributed by atoms with E-state index in [4.69, 9.17) is 0 Å². The number of nitrogens with zero attached hydrogens (tertiary/aromatic N) is 3. The number of aliphatic hydroxyl groups is 1. The first-order valence-corrected chi connectivity index (χ1v) is 9.16. The molecule has 7 heteroatoms. The molecular weight excluding hydrogens is 314 g/mol. The lowest BCUT2D eigenvalue weighted by atomic mass is 10.0. The zero-order valence-corrected chi connectivity index (χ0v) is 13.9. The Morgan fingerprint density at radius 3 is 2.74 bits per heavy atom. The molecule has 1 aliphatic rings. The van der Waals surface area contributed by atoms with Gasteiger partial charge in [-0.25, -0.2) is 8.42 Å². The molecule has 0 saturated carbocycles. The van der Waals surface area contributed by atoms with Gasteiger partial charge in [0.25, 0.3) is 0 Å². The summed E-state index contributed by atoms with van der Waals surface area (Å²) in [4.78, 5) is 0.209. The van der Waals surface area contributed by atoms with Crippen molar-refractivity contribution in [2.45, 2.75) is 36.3 Å². The lowest BCUT2D eigenvalue weighted by Gasteiger charge is -2.25. The van der Waals surface area contributed by atoms with E-state index in [0.717, 1.165) is 18.4 Å². The Bertz CT molecular complexity index is 758. The number of aromatic nitrogens is 2. The summed E-state index contributed by atoms with van der Waals surface area (Å²) in [6.45, 7) is 0.489. The summed E-state index contributed by atoms with van der Waals surface area (Å²) >= 11 is 0. The van der Waals surface area contributed by atoms with Crippen LogP contribution in [0.4, 0.5) is 0 Å². The maximum atomic E-state index is 12.8. The van der Waals surface area contributed by atoms with Crippen LogP contribution in [0.15, 0.2) is 47.6 Å². The fourth-order valence-corrected chi connectivity index (χ4v) is 4.79. The summed E-state index contributed by atoms with van der Waals surface area (Å²) in [6, 6.07) is 9.18. The standard InChI is InChI=1S/C16H21N3O3S/c1-18-12-15(11-17-18)23(21,22)19-9-5-8-14(19)10-16(20)13-6-3-2-4-7-13/h2-4,6-7,11-12,14,16,20H,5,8-10H2,1H3/t14-,16+/m1/s1. The van der Waals surface area contributed by atoms with E-state index >= 15 is 0 Å². The molecule has 2 aromatic rings. The molecule has 0 radical (unpaired) electrons. The van der Waals surface area contributed by atoms with Crippen LogP contribution in [-0.2, 0) is 17.1 Å². The third kappa shape index (κ3) is 3.31. The van der Waals surface area contributed by atoms with Crippen molar-refractivity contribution in [2.75, 3.05) is 6.54 Å². The van der Waals surface area contributed by atoms with Gasteiger partial charge in [-0.05, 0) is 24.8 Å². The second kappa shape index (κ2) is 6.43. The van der Waals surface area contributed by atoms with E-state index in [0.29, 0.717) is 13.0 Å².